The number of cyclic esters (lactones) is 1. The fourth-order valence-electron chi connectivity index (χ4n) is 6.02. The molecule has 0 aromatic heterocycles. The molecule has 0 saturated carbocycles. The Morgan fingerprint density at radius 3 is 1.82 bits per heavy atom. The summed E-state index contributed by atoms with van der Waals surface area (Å²) >= 11 is 0. The summed E-state index contributed by atoms with van der Waals surface area (Å²) in [6.45, 7) is 2.76. The van der Waals surface area contributed by atoms with E-state index in [9.17, 15) is 23.7 Å². The normalized spacial score (nSPS) is 17.2. The standard InChI is InChI=1S/C19H19FN2O3.C15H13FN2O2/c20-17-9-15(22-11-16(12-23)25-19(22)24)5-6-18(17)21-8-7-13-3-1-2-4-14(13)10-21;16-14-9-13(18(19)20)5-6-15(14)17-8-7-11-3-1-2-4-12(11)10-17/h1-6,9,16,23H,7-8,10-12H2;1-6,9H,7-8,10H2/t16-;/m1./s1. The van der Waals surface area contributed by atoms with Crippen molar-refractivity contribution in [3.05, 3.63) is 129 Å². The molecule has 1 fully saturated rings. The van der Waals surface area contributed by atoms with Gasteiger partial charge < -0.3 is 19.6 Å². The number of amides is 1. The largest absolute Gasteiger partial charge is 0.441 e. The molecule has 3 heterocycles. The third-order valence-corrected chi connectivity index (χ3v) is 8.41. The van der Waals surface area contributed by atoms with Crippen molar-refractivity contribution in [2.45, 2.75) is 32.0 Å². The highest BCUT2D eigenvalue weighted by molar-refractivity contribution is 5.90. The molecule has 0 spiro atoms. The van der Waals surface area contributed by atoms with Gasteiger partial charge in [-0.1, -0.05) is 48.5 Å². The number of anilines is 3. The molecular weight excluding hydrogens is 582 g/mol. The van der Waals surface area contributed by atoms with E-state index in [1.807, 2.05) is 40.1 Å². The maximum atomic E-state index is 14.7. The van der Waals surface area contributed by atoms with Gasteiger partial charge in [-0.05, 0) is 59.4 Å². The summed E-state index contributed by atoms with van der Waals surface area (Å²) in [4.78, 5) is 27.2. The minimum absolute atomic E-state index is 0.219. The monoisotopic (exact) mass is 614 g/mol. The lowest BCUT2D eigenvalue weighted by Crippen LogP contribution is -2.31. The summed E-state index contributed by atoms with van der Waals surface area (Å²) in [5.41, 5.74) is 6.16. The molecule has 0 unspecified atom stereocenters. The maximum absolute atomic E-state index is 14.7. The molecule has 1 atom stereocenters. The SMILES string of the molecule is O=C1O[C@@H](CO)CN1c1ccc(N2CCc3ccccc3C2)c(F)c1.O=[N+]([O-])c1ccc(N2CCc3ccccc3C2)c(F)c1. The van der Waals surface area contributed by atoms with Gasteiger partial charge in [-0.25, -0.2) is 13.6 Å². The van der Waals surface area contributed by atoms with E-state index in [4.69, 9.17) is 9.84 Å². The number of aliphatic hydroxyl groups excluding tert-OH is 1. The van der Waals surface area contributed by atoms with Crippen molar-refractivity contribution in [2.24, 2.45) is 0 Å². The zero-order valence-corrected chi connectivity index (χ0v) is 24.4. The Hall–Kier alpha value is -5.03. The lowest BCUT2D eigenvalue weighted by Gasteiger charge is -2.31. The Labute approximate surface area is 259 Å². The second-order valence-electron chi connectivity index (χ2n) is 11.2. The van der Waals surface area contributed by atoms with Crippen molar-refractivity contribution in [2.75, 3.05) is 40.9 Å². The number of carbonyl (C=O) groups is 1. The molecule has 1 N–H and O–H groups in total. The zero-order valence-electron chi connectivity index (χ0n) is 24.4. The van der Waals surface area contributed by atoms with E-state index in [1.165, 1.54) is 45.4 Å². The first-order valence-electron chi connectivity index (χ1n) is 14.8. The van der Waals surface area contributed by atoms with Crippen LogP contribution in [0.4, 0.5) is 36.3 Å². The van der Waals surface area contributed by atoms with Gasteiger partial charge in [0.15, 0.2) is 5.82 Å². The lowest BCUT2D eigenvalue weighted by atomic mass is 9.99. The van der Waals surface area contributed by atoms with E-state index >= 15 is 0 Å². The summed E-state index contributed by atoms with van der Waals surface area (Å²) in [7, 11) is 0. The van der Waals surface area contributed by atoms with E-state index in [2.05, 4.69) is 18.2 Å². The summed E-state index contributed by atoms with van der Waals surface area (Å²) < 4.78 is 33.7. The van der Waals surface area contributed by atoms with Crippen LogP contribution >= 0.6 is 0 Å². The van der Waals surface area contributed by atoms with Crippen LogP contribution in [-0.2, 0) is 30.7 Å². The highest BCUT2D eigenvalue weighted by Crippen LogP contribution is 2.31. The van der Waals surface area contributed by atoms with Crippen molar-refractivity contribution in [3.63, 3.8) is 0 Å². The molecule has 1 saturated heterocycles. The molecule has 45 heavy (non-hydrogen) atoms. The van der Waals surface area contributed by atoms with Crippen LogP contribution in [0.25, 0.3) is 0 Å². The summed E-state index contributed by atoms with van der Waals surface area (Å²) in [5.74, 6) is -0.907. The zero-order chi connectivity index (χ0) is 31.5. The topological polar surface area (TPSA) is 99.4 Å². The molecule has 232 valence electrons. The number of non-ortho nitro benzene ring substituents is 1. The summed E-state index contributed by atoms with van der Waals surface area (Å²) in [6, 6.07) is 24.9. The lowest BCUT2D eigenvalue weighted by molar-refractivity contribution is -0.385. The van der Waals surface area contributed by atoms with Crippen LogP contribution in [-0.4, -0.2) is 48.5 Å². The first-order valence-corrected chi connectivity index (χ1v) is 14.8. The van der Waals surface area contributed by atoms with Gasteiger partial charge >= 0.3 is 6.09 Å². The first-order chi connectivity index (χ1) is 21.8. The van der Waals surface area contributed by atoms with Gasteiger partial charge in [-0.2, -0.15) is 0 Å². The Kier molecular flexibility index (Phi) is 8.61. The average Bonchev–Trinajstić information content (AvgIpc) is 3.45. The van der Waals surface area contributed by atoms with Gasteiger partial charge in [0.1, 0.15) is 11.9 Å². The highest BCUT2D eigenvalue weighted by atomic mass is 19.1. The smallest absolute Gasteiger partial charge is 0.414 e. The van der Waals surface area contributed by atoms with Crippen molar-refractivity contribution >= 4 is 28.8 Å². The third-order valence-electron chi connectivity index (χ3n) is 8.41. The molecule has 1 amide bonds. The predicted molar refractivity (Wildman–Crippen MR) is 167 cm³/mol. The molecule has 4 aromatic rings. The van der Waals surface area contributed by atoms with Crippen LogP contribution in [0, 0.1) is 21.7 Å². The van der Waals surface area contributed by atoms with Crippen LogP contribution in [0.5, 0.6) is 0 Å². The van der Waals surface area contributed by atoms with E-state index in [0.29, 0.717) is 36.7 Å². The van der Waals surface area contributed by atoms with Crippen molar-refractivity contribution < 1.29 is 28.3 Å². The number of carbonyl (C=O) groups excluding carboxylic acids is 1. The van der Waals surface area contributed by atoms with E-state index < -0.39 is 22.9 Å². The minimum atomic E-state index is -0.585. The van der Waals surface area contributed by atoms with Crippen LogP contribution in [0.15, 0.2) is 84.9 Å². The Bertz CT molecular complexity index is 1730. The number of aliphatic hydroxyl groups is 1. The Morgan fingerprint density at radius 2 is 1.33 bits per heavy atom. The second-order valence-corrected chi connectivity index (χ2v) is 11.2. The average molecular weight is 615 g/mol. The summed E-state index contributed by atoms with van der Waals surface area (Å²) in [6.07, 6.45) is 0.618. The molecule has 3 aliphatic rings. The minimum Gasteiger partial charge on any atom is -0.441 e. The van der Waals surface area contributed by atoms with E-state index in [0.717, 1.165) is 25.5 Å². The maximum Gasteiger partial charge on any atom is 0.414 e. The van der Waals surface area contributed by atoms with Gasteiger partial charge in [-0.3, -0.25) is 15.0 Å². The van der Waals surface area contributed by atoms with E-state index in [1.54, 1.807) is 12.1 Å². The summed E-state index contributed by atoms with van der Waals surface area (Å²) in [5, 5.41) is 19.7. The molecular formula is C34H32F2N4O5. The molecule has 7 rings (SSSR count). The van der Waals surface area contributed by atoms with Gasteiger partial charge in [0.2, 0.25) is 0 Å². The van der Waals surface area contributed by atoms with Gasteiger partial charge in [0.25, 0.3) is 5.69 Å². The van der Waals surface area contributed by atoms with Crippen molar-refractivity contribution in [1.82, 2.24) is 0 Å². The number of rotatable bonds is 5. The molecule has 9 nitrogen and oxygen atoms in total. The highest BCUT2D eigenvalue weighted by Gasteiger charge is 2.32. The number of halogens is 2. The third kappa shape index (κ3) is 6.44. The molecule has 0 bridgehead atoms. The number of hydrogen-bond acceptors (Lipinski definition) is 7. The molecule has 3 aliphatic heterocycles. The second kappa shape index (κ2) is 12.9. The fourth-order valence-corrected chi connectivity index (χ4v) is 6.02. The number of nitro groups is 1. The molecule has 0 radical (unpaired) electrons. The van der Waals surface area contributed by atoms with Gasteiger partial charge in [0, 0.05) is 32.2 Å². The van der Waals surface area contributed by atoms with Crippen LogP contribution in [0.3, 0.4) is 0 Å². The van der Waals surface area contributed by atoms with Crippen molar-refractivity contribution in [3.8, 4) is 0 Å². The first kappa shape index (κ1) is 30.0. The van der Waals surface area contributed by atoms with E-state index in [-0.39, 0.29) is 24.7 Å². The number of ether oxygens (including phenoxy) is 1. The predicted octanol–water partition coefficient (Wildman–Crippen LogP) is 6.00. The number of nitro benzene ring substituents is 1. The Morgan fingerprint density at radius 1 is 0.800 bits per heavy atom. The molecule has 0 aliphatic carbocycles. The number of nitrogens with zero attached hydrogens (tertiary/aromatic N) is 4. The number of fused-ring (bicyclic) bond motifs is 2. The van der Waals surface area contributed by atoms with Crippen LogP contribution in [0.2, 0.25) is 0 Å². The number of hydrogen-bond donors (Lipinski definition) is 1. The van der Waals surface area contributed by atoms with Gasteiger partial charge in [-0.15, -0.1) is 0 Å². The molecule has 4 aromatic carbocycles. The van der Waals surface area contributed by atoms with Gasteiger partial charge in [0.05, 0.1) is 41.2 Å². The fraction of sp³-hybridized carbons (Fsp3) is 0.265. The van der Waals surface area contributed by atoms with Crippen molar-refractivity contribution in [1.29, 1.82) is 0 Å². The van der Waals surface area contributed by atoms with Crippen LogP contribution in [0.1, 0.15) is 22.3 Å². The Balaban J connectivity index is 0.000000163. The quantitative estimate of drug-likeness (QED) is 0.217. The molecule has 11 heteroatoms. The number of benzene rings is 4. The van der Waals surface area contributed by atoms with Crippen LogP contribution < -0.4 is 14.7 Å².